The molecule has 1 amide bonds. The summed E-state index contributed by atoms with van der Waals surface area (Å²) in [4.78, 5) is 11.8. The summed E-state index contributed by atoms with van der Waals surface area (Å²) in [6.07, 6.45) is 5.08. The Hall–Kier alpha value is -2.37. The van der Waals surface area contributed by atoms with E-state index in [0.29, 0.717) is 6.54 Å². The van der Waals surface area contributed by atoms with Crippen molar-refractivity contribution in [2.24, 2.45) is 7.05 Å². The molecular formula is C15H21N5O. The molecule has 2 rings (SSSR count). The molecule has 0 aliphatic carbocycles. The van der Waals surface area contributed by atoms with Crippen LogP contribution in [-0.4, -0.2) is 25.5 Å². The number of carbonyl (C=O) groups is 1. The van der Waals surface area contributed by atoms with E-state index >= 15 is 0 Å². The Balaban J connectivity index is 1.92. The van der Waals surface area contributed by atoms with Crippen LogP contribution in [0.4, 0.5) is 0 Å². The Labute approximate surface area is 124 Å². The van der Waals surface area contributed by atoms with E-state index in [4.69, 9.17) is 0 Å². The molecule has 0 radical (unpaired) electrons. The minimum absolute atomic E-state index is 0.137. The molecule has 0 fully saturated rings. The molecule has 6 nitrogen and oxygen atoms in total. The minimum atomic E-state index is -0.137. The standard InChI is InChI=1S/C15H21N5O/c1-5-20-12(3)13(9-17-20)6-7-15(21)16-10-14-8-11(2)19(4)18-14/h6-9H,5,10H2,1-4H3,(H,16,21)/b7-6+. The van der Waals surface area contributed by atoms with Crippen molar-refractivity contribution in [3.63, 3.8) is 0 Å². The number of aromatic nitrogens is 4. The smallest absolute Gasteiger partial charge is 0.244 e. The fourth-order valence-electron chi connectivity index (χ4n) is 2.07. The van der Waals surface area contributed by atoms with Crippen LogP contribution in [0.5, 0.6) is 0 Å². The van der Waals surface area contributed by atoms with Gasteiger partial charge < -0.3 is 5.32 Å². The maximum atomic E-state index is 11.8. The topological polar surface area (TPSA) is 64.7 Å². The average molecular weight is 287 g/mol. The van der Waals surface area contributed by atoms with Crippen molar-refractivity contribution in [3.8, 4) is 0 Å². The van der Waals surface area contributed by atoms with E-state index in [9.17, 15) is 4.79 Å². The number of aryl methyl sites for hydroxylation is 3. The van der Waals surface area contributed by atoms with Crippen molar-refractivity contribution in [3.05, 3.63) is 41.0 Å². The van der Waals surface area contributed by atoms with Gasteiger partial charge in [0.15, 0.2) is 0 Å². The second kappa shape index (κ2) is 6.39. The minimum Gasteiger partial charge on any atom is -0.347 e. The molecular weight excluding hydrogens is 266 g/mol. The van der Waals surface area contributed by atoms with Gasteiger partial charge in [-0.15, -0.1) is 0 Å². The summed E-state index contributed by atoms with van der Waals surface area (Å²) in [7, 11) is 1.88. The number of nitrogens with zero attached hydrogens (tertiary/aromatic N) is 4. The summed E-state index contributed by atoms with van der Waals surface area (Å²) in [6, 6.07) is 1.96. The molecule has 0 aliphatic rings. The molecule has 2 aromatic heterocycles. The molecule has 1 N–H and O–H groups in total. The average Bonchev–Trinajstić information content (AvgIpc) is 2.97. The van der Waals surface area contributed by atoms with Crippen molar-refractivity contribution < 1.29 is 4.79 Å². The second-order valence-electron chi connectivity index (χ2n) is 4.95. The van der Waals surface area contributed by atoms with Crippen LogP contribution < -0.4 is 5.32 Å². The fraction of sp³-hybridized carbons (Fsp3) is 0.400. The number of hydrogen-bond acceptors (Lipinski definition) is 3. The van der Waals surface area contributed by atoms with E-state index in [1.54, 1.807) is 17.0 Å². The van der Waals surface area contributed by atoms with E-state index in [0.717, 1.165) is 29.2 Å². The zero-order valence-electron chi connectivity index (χ0n) is 12.9. The first kappa shape index (κ1) is 15.0. The number of amides is 1. The van der Waals surface area contributed by atoms with Gasteiger partial charge in [-0.2, -0.15) is 10.2 Å². The van der Waals surface area contributed by atoms with Crippen molar-refractivity contribution in [2.75, 3.05) is 0 Å². The van der Waals surface area contributed by atoms with Gasteiger partial charge >= 0.3 is 0 Å². The van der Waals surface area contributed by atoms with Gasteiger partial charge in [-0.3, -0.25) is 14.2 Å². The third-order valence-corrected chi connectivity index (χ3v) is 3.46. The van der Waals surface area contributed by atoms with Crippen molar-refractivity contribution in [2.45, 2.75) is 33.9 Å². The van der Waals surface area contributed by atoms with Crippen LogP contribution >= 0.6 is 0 Å². The zero-order chi connectivity index (χ0) is 15.4. The molecule has 2 aromatic rings. The van der Waals surface area contributed by atoms with Crippen LogP contribution in [-0.2, 0) is 24.9 Å². The highest BCUT2D eigenvalue weighted by molar-refractivity contribution is 5.91. The van der Waals surface area contributed by atoms with Gasteiger partial charge in [-0.1, -0.05) is 0 Å². The predicted molar refractivity (Wildman–Crippen MR) is 81.5 cm³/mol. The van der Waals surface area contributed by atoms with E-state index in [-0.39, 0.29) is 5.91 Å². The molecule has 0 spiro atoms. The van der Waals surface area contributed by atoms with Gasteiger partial charge in [0.25, 0.3) is 0 Å². The van der Waals surface area contributed by atoms with Crippen LogP contribution in [0.15, 0.2) is 18.3 Å². The Morgan fingerprint density at radius 3 is 2.76 bits per heavy atom. The first-order chi connectivity index (χ1) is 10.0. The summed E-state index contributed by atoms with van der Waals surface area (Å²) in [6.45, 7) is 7.26. The highest BCUT2D eigenvalue weighted by Crippen LogP contribution is 2.08. The maximum Gasteiger partial charge on any atom is 0.244 e. The van der Waals surface area contributed by atoms with E-state index in [1.807, 2.05) is 38.6 Å². The maximum absolute atomic E-state index is 11.8. The van der Waals surface area contributed by atoms with E-state index < -0.39 is 0 Å². The second-order valence-corrected chi connectivity index (χ2v) is 4.95. The summed E-state index contributed by atoms with van der Waals surface area (Å²) >= 11 is 0. The molecule has 0 aliphatic heterocycles. The molecule has 6 heteroatoms. The third-order valence-electron chi connectivity index (χ3n) is 3.46. The van der Waals surface area contributed by atoms with E-state index in [2.05, 4.69) is 15.5 Å². The van der Waals surface area contributed by atoms with Crippen LogP contribution in [0.3, 0.4) is 0 Å². The fourth-order valence-corrected chi connectivity index (χ4v) is 2.07. The van der Waals surface area contributed by atoms with Gasteiger partial charge in [0.1, 0.15) is 0 Å². The Kier molecular flexibility index (Phi) is 4.57. The first-order valence-electron chi connectivity index (χ1n) is 6.99. The lowest BCUT2D eigenvalue weighted by Crippen LogP contribution is -2.20. The van der Waals surface area contributed by atoms with Crippen molar-refractivity contribution >= 4 is 12.0 Å². The predicted octanol–water partition coefficient (Wildman–Crippen LogP) is 1.58. The van der Waals surface area contributed by atoms with Crippen LogP contribution in [0.1, 0.15) is 29.6 Å². The summed E-state index contributed by atoms with van der Waals surface area (Å²) in [5.74, 6) is -0.137. The Morgan fingerprint density at radius 2 is 2.19 bits per heavy atom. The summed E-state index contributed by atoms with van der Waals surface area (Å²) in [5, 5.41) is 11.4. The lowest BCUT2D eigenvalue weighted by atomic mass is 10.2. The summed E-state index contributed by atoms with van der Waals surface area (Å²) in [5.41, 5.74) is 3.94. The van der Waals surface area contributed by atoms with Gasteiger partial charge in [0, 0.05) is 36.6 Å². The van der Waals surface area contributed by atoms with Gasteiger partial charge in [-0.25, -0.2) is 0 Å². The number of carbonyl (C=O) groups excluding carboxylic acids is 1. The lowest BCUT2D eigenvalue weighted by Gasteiger charge is -1.99. The Bertz CT molecular complexity index is 646. The lowest BCUT2D eigenvalue weighted by molar-refractivity contribution is -0.116. The van der Waals surface area contributed by atoms with Crippen molar-refractivity contribution in [1.82, 2.24) is 24.9 Å². The first-order valence-corrected chi connectivity index (χ1v) is 6.99. The molecule has 0 saturated heterocycles. The van der Waals surface area contributed by atoms with Gasteiger partial charge in [0.05, 0.1) is 18.4 Å². The molecule has 2 heterocycles. The largest absolute Gasteiger partial charge is 0.347 e. The summed E-state index contributed by atoms with van der Waals surface area (Å²) < 4.78 is 3.69. The van der Waals surface area contributed by atoms with Gasteiger partial charge in [0.2, 0.25) is 5.91 Å². The Morgan fingerprint density at radius 1 is 1.43 bits per heavy atom. The number of rotatable bonds is 5. The normalized spacial score (nSPS) is 11.2. The molecule has 21 heavy (non-hydrogen) atoms. The monoisotopic (exact) mass is 287 g/mol. The SMILES string of the molecule is CCn1ncc(/C=C/C(=O)NCc2cc(C)n(C)n2)c1C. The molecule has 0 aromatic carbocycles. The van der Waals surface area contributed by atoms with Gasteiger partial charge in [-0.05, 0) is 32.9 Å². The number of hydrogen-bond donors (Lipinski definition) is 1. The molecule has 0 atom stereocenters. The zero-order valence-corrected chi connectivity index (χ0v) is 12.9. The number of nitrogens with one attached hydrogen (secondary N) is 1. The van der Waals surface area contributed by atoms with E-state index in [1.165, 1.54) is 6.08 Å². The van der Waals surface area contributed by atoms with Crippen LogP contribution in [0.25, 0.3) is 6.08 Å². The highest BCUT2D eigenvalue weighted by atomic mass is 16.1. The molecule has 112 valence electrons. The third kappa shape index (κ3) is 3.59. The molecule has 0 unspecified atom stereocenters. The van der Waals surface area contributed by atoms with Crippen molar-refractivity contribution in [1.29, 1.82) is 0 Å². The quantitative estimate of drug-likeness (QED) is 0.849. The van der Waals surface area contributed by atoms with Crippen LogP contribution in [0, 0.1) is 13.8 Å². The highest BCUT2D eigenvalue weighted by Gasteiger charge is 2.04. The van der Waals surface area contributed by atoms with Crippen LogP contribution in [0.2, 0.25) is 0 Å². The molecule has 0 bridgehead atoms. The molecule has 0 saturated carbocycles.